The Bertz CT molecular complexity index is 721. The van der Waals surface area contributed by atoms with Crippen molar-refractivity contribution in [3.8, 4) is 0 Å². The second kappa shape index (κ2) is 5.58. The first-order chi connectivity index (χ1) is 11.6. The normalized spacial score (nSPS) is 32.1. The van der Waals surface area contributed by atoms with Crippen LogP contribution in [0.4, 0.5) is 0 Å². The lowest BCUT2D eigenvalue weighted by atomic mass is 9.70. The average molecular weight is 323 g/mol. The minimum absolute atomic E-state index is 0.0000231. The molecule has 2 heterocycles. The van der Waals surface area contributed by atoms with Crippen LogP contribution >= 0.6 is 0 Å². The molecule has 3 nitrogen and oxygen atoms in total. The molecule has 0 spiro atoms. The number of hydrogen-bond acceptors (Lipinski definition) is 2. The van der Waals surface area contributed by atoms with E-state index in [1.807, 2.05) is 23.1 Å². The Hall–Kier alpha value is -1.90. The fourth-order valence-electron chi connectivity index (χ4n) is 5.36. The van der Waals surface area contributed by atoms with Crippen molar-refractivity contribution in [3.63, 3.8) is 0 Å². The largest absolute Gasteiger partial charge is 0.315 e. The van der Waals surface area contributed by atoms with Gasteiger partial charge in [0.05, 0.1) is 0 Å². The van der Waals surface area contributed by atoms with E-state index < -0.39 is 5.92 Å². The Labute approximate surface area is 143 Å². The van der Waals surface area contributed by atoms with Crippen LogP contribution in [0.2, 0.25) is 0 Å². The van der Waals surface area contributed by atoms with Crippen molar-refractivity contribution in [2.24, 2.45) is 11.3 Å². The molecule has 0 unspecified atom stereocenters. The van der Waals surface area contributed by atoms with Crippen molar-refractivity contribution in [3.05, 3.63) is 47.2 Å². The van der Waals surface area contributed by atoms with Gasteiger partial charge in [-0.2, -0.15) is 0 Å². The van der Waals surface area contributed by atoms with Crippen LogP contribution in [0.5, 0.6) is 0 Å². The van der Waals surface area contributed by atoms with Crippen LogP contribution in [0.3, 0.4) is 0 Å². The summed E-state index contributed by atoms with van der Waals surface area (Å²) < 4.78 is 0. The number of benzene rings is 1. The molecule has 1 saturated heterocycles. The Balaban J connectivity index is 1.93. The predicted molar refractivity (Wildman–Crippen MR) is 93.3 cm³/mol. The molecule has 0 bridgehead atoms. The summed E-state index contributed by atoms with van der Waals surface area (Å²) in [5, 5.41) is 0. The lowest BCUT2D eigenvalue weighted by Gasteiger charge is -2.47. The molecule has 3 atom stereocenters. The van der Waals surface area contributed by atoms with E-state index in [2.05, 4.69) is 19.1 Å². The molecular formula is C21H25NO2. The van der Waals surface area contributed by atoms with Crippen LogP contribution in [-0.2, 0) is 9.59 Å². The fraction of sp³-hybridized carbons (Fsp3) is 0.524. The second-order valence-corrected chi connectivity index (χ2v) is 7.58. The molecule has 1 aromatic carbocycles. The third-order valence-corrected chi connectivity index (χ3v) is 6.50. The van der Waals surface area contributed by atoms with E-state index in [-0.39, 0.29) is 23.0 Å². The number of Topliss-reactive ketones (excluding diaryl/α,β-unsaturated/α-hetero) is 1. The lowest BCUT2D eigenvalue weighted by Crippen LogP contribution is -2.51. The summed E-state index contributed by atoms with van der Waals surface area (Å²) >= 11 is 0. The maximum atomic E-state index is 13.2. The van der Waals surface area contributed by atoms with Crippen molar-refractivity contribution in [1.29, 1.82) is 0 Å². The highest BCUT2D eigenvalue weighted by Crippen LogP contribution is 2.59. The molecule has 1 aliphatic carbocycles. The topological polar surface area (TPSA) is 37.4 Å². The Morgan fingerprint density at radius 1 is 1.25 bits per heavy atom. The fourth-order valence-corrected chi connectivity index (χ4v) is 5.36. The van der Waals surface area contributed by atoms with Crippen LogP contribution < -0.4 is 0 Å². The van der Waals surface area contributed by atoms with Gasteiger partial charge >= 0.3 is 0 Å². The van der Waals surface area contributed by atoms with Gasteiger partial charge in [-0.05, 0) is 50.2 Å². The summed E-state index contributed by atoms with van der Waals surface area (Å²) in [6, 6.07) is 10.2. The van der Waals surface area contributed by atoms with E-state index in [9.17, 15) is 9.59 Å². The van der Waals surface area contributed by atoms with Crippen LogP contribution in [0, 0.1) is 11.3 Å². The molecule has 2 aliphatic heterocycles. The zero-order valence-electron chi connectivity index (χ0n) is 14.5. The molecule has 0 aromatic heterocycles. The maximum Gasteiger partial charge on any atom is 0.238 e. The molecule has 0 N–H and O–H groups in total. The number of carbonyl (C=O) groups is 2. The van der Waals surface area contributed by atoms with Crippen LogP contribution in [0.15, 0.2) is 41.6 Å². The third kappa shape index (κ3) is 2.03. The number of nitrogens with zero attached hydrogens (tertiary/aromatic N) is 1. The minimum atomic E-state index is -0.545. The summed E-state index contributed by atoms with van der Waals surface area (Å²) in [4.78, 5) is 27.6. The first-order valence-corrected chi connectivity index (χ1v) is 9.19. The molecule has 126 valence electrons. The molecule has 0 saturated carbocycles. The summed E-state index contributed by atoms with van der Waals surface area (Å²) in [6.07, 6.45) is 5.47. The zero-order valence-corrected chi connectivity index (χ0v) is 14.5. The number of rotatable bonds is 3. The molecule has 4 rings (SSSR count). The van der Waals surface area contributed by atoms with Gasteiger partial charge in [-0.25, -0.2) is 0 Å². The molecule has 1 amide bonds. The number of carbonyl (C=O) groups excluding carboxylic acids is 2. The van der Waals surface area contributed by atoms with Crippen LogP contribution in [0.25, 0.3) is 0 Å². The summed E-state index contributed by atoms with van der Waals surface area (Å²) in [6.45, 7) is 4.61. The van der Waals surface area contributed by atoms with Gasteiger partial charge in [0.25, 0.3) is 0 Å². The van der Waals surface area contributed by atoms with Crippen LogP contribution in [-0.4, -0.2) is 23.1 Å². The zero-order chi connectivity index (χ0) is 16.9. The maximum absolute atomic E-state index is 13.2. The van der Waals surface area contributed by atoms with Gasteiger partial charge in [-0.3, -0.25) is 9.59 Å². The van der Waals surface area contributed by atoms with E-state index in [1.54, 1.807) is 6.92 Å². The number of piperidine rings is 1. The molecule has 1 fully saturated rings. The third-order valence-electron chi connectivity index (χ3n) is 6.50. The molecule has 24 heavy (non-hydrogen) atoms. The molecule has 0 radical (unpaired) electrons. The summed E-state index contributed by atoms with van der Waals surface area (Å²) in [5.41, 5.74) is 3.93. The summed E-state index contributed by atoms with van der Waals surface area (Å²) in [7, 11) is 0. The van der Waals surface area contributed by atoms with Crippen molar-refractivity contribution in [1.82, 2.24) is 4.90 Å². The average Bonchev–Trinajstić information content (AvgIpc) is 2.99. The Morgan fingerprint density at radius 3 is 2.67 bits per heavy atom. The van der Waals surface area contributed by atoms with Gasteiger partial charge in [-0.1, -0.05) is 37.3 Å². The highest BCUT2D eigenvalue weighted by atomic mass is 16.2. The molecular weight excluding hydrogens is 298 g/mol. The van der Waals surface area contributed by atoms with E-state index in [4.69, 9.17) is 0 Å². The highest BCUT2D eigenvalue weighted by Gasteiger charge is 2.54. The van der Waals surface area contributed by atoms with E-state index in [0.717, 1.165) is 37.8 Å². The first-order valence-electron chi connectivity index (χ1n) is 9.19. The van der Waals surface area contributed by atoms with Crippen molar-refractivity contribution in [2.45, 2.75) is 51.9 Å². The lowest BCUT2D eigenvalue weighted by molar-refractivity contribution is -0.142. The van der Waals surface area contributed by atoms with Gasteiger partial charge < -0.3 is 4.90 Å². The number of allylic oxidation sites excluding steroid dienone is 2. The second-order valence-electron chi connectivity index (χ2n) is 7.58. The number of amides is 1. The van der Waals surface area contributed by atoms with Gasteiger partial charge in [-0.15, -0.1) is 0 Å². The predicted octanol–water partition coefficient (Wildman–Crippen LogP) is 4.06. The van der Waals surface area contributed by atoms with E-state index in [0.29, 0.717) is 0 Å². The highest BCUT2D eigenvalue weighted by molar-refractivity contribution is 6.03. The Kier molecular flexibility index (Phi) is 3.63. The van der Waals surface area contributed by atoms with Gasteiger partial charge in [0.2, 0.25) is 5.91 Å². The molecule has 3 heteroatoms. The van der Waals surface area contributed by atoms with Gasteiger partial charge in [0, 0.05) is 23.6 Å². The first kappa shape index (κ1) is 15.6. The van der Waals surface area contributed by atoms with Gasteiger partial charge in [0.1, 0.15) is 11.7 Å². The quantitative estimate of drug-likeness (QED) is 0.787. The number of hydrogen-bond donors (Lipinski definition) is 0. The minimum Gasteiger partial charge on any atom is -0.315 e. The van der Waals surface area contributed by atoms with Crippen molar-refractivity contribution >= 4 is 11.7 Å². The molecule has 1 aromatic rings. The van der Waals surface area contributed by atoms with Crippen molar-refractivity contribution < 1.29 is 9.59 Å². The summed E-state index contributed by atoms with van der Waals surface area (Å²) in [5.74, 6) is -0.569. The monoisotopic (exact) mass is 323 g/mol. The van der Waals surface area contributed by atoms with E-state index in [1.165, 1.54) is 17.7 Å². The smallest absolute Gasteiger partial charge is 0.238 e. The Morgan fingerprint density at radius 2 is 2.00 bits per heavy atom. The standard InChI is InChI=1S/C21H25NO2/c1-3-21-11-7-13-22-19(21)16(10-12-21)18(15-8-5-4-6-9-15)17(14(2)23)20(22)24/h4-6,8-9,17-18H,3,7,10-13H2,1-2H3/t17-,18+,21-/m1/s1. The van der Waals surface area contributed by atoms with Crippen molar-refractivity contribution in [2.75, 3.05) is 6.54 Å². The van der Waals surface area contributed by atoms with Crippen LogP contribution in [0.1, 0.15) is 57.4 Å². The van der Waals surface area contributed by atoms with E-state index >= 15 is 0 Å². The number of ketones is 1. The SMILES string of the molecule is CC[C@]12CCCN3C(=O)[C@H](C(C)=O)[C@@H](c4ccccc4)C(=C31)CC2. The molecule has 3 aliphatic rings. The van der Waals surface area contributed by atoms with Gasteiger partial charge in [0.15, 0.2) is 0 Å².